The number of allylic oxidation sites excluding steroid dienone is 1. The third-order valence-corrected chi connectivity index (χ3v) is 1.24. The molecule has 0 spiro atoms. The molecule has 11 heavy (non-hydrogen) atoms. The van der Waals surface area contributed by atoms with Crippen molar-refractivity contribution in [3.8, 4) is 0 Å². The van der Waals surface area contributed by atoms with Crippen LogP contribution in [0.15, 0.2) is 10.8 Å². The van der Waals surface area contributed by atoms with E-state index < -0.39 is 5.83 Å². The lowest BCUT2D eigenvalue weighted by Gasteiger charge is -2.05. The predicted molar refractivity (Wildman–Crippen MR) is 44.7 cm³/mol. The summed E-state index contributed by atoms with van der Waals surface area (Å²) < 4.78 is 16.0. The lowest BCUT2D eigenvalue weighted by molar-refractivity contribution is 0.584. The maximum Gasteiger partial charge on any atom is 0.406 e. The average molecular weight is 153 g/mol. The Morgan fingerprint density at radius 1 is 1.55 bits per heavy atom. The minimum atomic E-state index is -0.516. The second-order valence-corrected chi connectivity index (χ2v) is 3.40. The number of halogens is 1. The van der Waals surface area contributed by atoms with Gasteiger partial charge in [-0.1, -0.05) is 0 Å². The van der Waals surface area contributed by atoms with Crippen molar-refractivity contribution in [3.05, 3.63) is 5.83 Å². The maximum atomic E-state index is 12.3. The van der Waals surface area contributed by atoms with Crippen LogP contribution in [0.1, 0.15) is 20.8 Å². The number of aliphatic imine (C=N–C) groups is 1. The fraction of sp³-hybridized carbons (Fsp3) is 0.500. The first-order valence-corrected chi connectivity index (χ1v) is 3.41. The zero-order chi connectivity index (χ0) is 8.48. The number of rotatable bonds is 0. The fourth-order valence-corrected chi connectivity index (χ4v) is 0.643. The van der Waals surface area contributed by atoms with Crippen LogP contribution < -0.4 is 4.67 Å². The lowest BCUT2D eigenvalue weighted by atomic mass is 9.95. The zero-order valence-electron chi connectivity index (χ0n) is 6.85. The van der Waals surface area contributed by atoms with Gasteiger partial charge in [0.25, 0.3) is 5.83 Å². The highest BCUT2D eigenvalue weighted by atomic mass is 19.1. The van der Waals surface area contributed by atoms with Crippen LogP contribution in [0.25, 0.3) is 0 Å². The van der Waals surface area contributed by atoms with Gasteiger partial charge in [0.2, 0.25) is 5.87 Å². The molecule has 1 aliphatic rings. The van der Waals surface area contributed by atoms with Crippen LogP contribution in [0.2, 0.25) is 0 Å². The van der Waals surface area contributed by atoms with Crippen molar-refractivity contribution >= 4 is 17.9 Å². The predicted octanol–water partition coefficient (Wildman–Crippen LogP) is 1.11. The molecular weight excluding hydrogens is 143 g/mol. The van der Waals surface area contributed by atoms with Gasteiger partial charge in [0, 0.05) is 0 Å². The van der Waals surface area contributed by atoms with Crippen LogP contribution >= 0.6 is 0 Å². The van der Waals surface area contributed by atoms with Crippen molar-refractivity contribution in [2.24, 2.45) is 10.4 Å². The van der Waals surface area contributed by atoms with Crippen LogP contribution in [0, 0.1) is 5.41 Å². The fourth-order valence-electron chi connectivity index (χ4n) is 0.643. The largest absolute Gasteiger partial charge is 0.406 e. The van der Waals surface area contributed by atoms with E-state index in [9.17, 15) is 4.39 Å². The summed E-state index contributed by atoms with van der Waals surface area (Å²) in [5.74, 6) is 2.32. The molecule has 0 saturated carbocycles. The number of hydrogen-bond donors (Lipinski definition) is 0. The van der Waals surface area contributed by atoms with Crippen molar-refractivity contribution < 1.29 is 4.39 Å². The average Bonchev–Trinajstić information content (AvgIpc) is 1.86. The van der Waals surface area contributed by atoms with Crippen molar-refractivity contribution in [1.82, 2.24) is 4.67 Å². The molecule has 0 aromatic carbocycles. The highest BCUT2D eigenvalue weighted by Gasteiger charge is 2.29. The normalized spacial score (nSPS) is 16.4. The molecule has 0 radical (unpaired) electrons. The standard InChI is InChI=1S/C8H10FN2/c1-8(2,3)7-10-4-6(9)5-11-7/h4H,1-3H3/q+1. The number of nitrogens with zero attached hydrogens (tertiary/aromatic N) is 2. The van der Waals surface area contributed by atoms with Gasteiger partial charge in [0.15, 0.2) is 6.21 Å². The SMILES string of the molecule is CC(C)(C)C1=[N+]=C=C(F)C=N1. The minimum absolute atomic E-state index is 0.135. The van der Waals surface area contributed by atoms with Gasteiger partial charge in [0.05, 0.1) is 5.41 Å². The minimum Gasteiger partial charge on any atom is -0.188 e. The molecule has 0 atom stereocenters. The third kappa shape index (κ3) is 1.87. The molecule has 0 aromatic rings. The Kier molecular flexibility index (Phi) is 1.77. The van der Waals surface area contributed by atoms with Gasteiger partial charge in [-0.25, -0.2) is 0 Å². The molecule has 3 heteroatoms. The summed E-state index contributed by atoms with van der Waals surface area (Å²) in [5, 5.41) is 0. The summed E-state index contributed by atoms with van der Waals surface area (Å²) in [6.45, 7) is 5.90. The van der Waals surface area contributed by atoms with Crippen molar-refractivity contribution in [2.75, 3.05) is 0 Å². The summed E-state index contributed by atoms with van der Waals surface area (Å²) in [6.07, 6.45) is 1.13. The molecule has 0 fully saturated rings. The van der Waals surface area contributed by atoms with E-state index in [2.05, 4.69) is 15.5 Å². The molecule has 1 rings (SSSR count). The van der Waals surface area contributed by atoms with Gasteiger partial charge in [-0.15, -0.1) is 0 Å². The first-order valence-electron chi connectivity index (χ1n) is 3.41. The molecule has 0 unspecified atom stereocenters. The summed E-state index contributed by atoms with van der Waals surface area (Å²) in [4.78, 5) is 3.83. The highest BCUT2D eigenvalue weighted by Crippen LogP contribution is 2.15. The van der Waals surface area contributed by atoms with Crippen LogP contribution in [0.5, 0.6) is 0 Å². The van der Waals surface area contributed by atoms with E-state index in [4.69, 9.17) is 0 Å². The third-order valence-electron chi connectivity index (χ3n) is 1.24. The molecule has 1 aliphatic heterocycles. The van der Waals surface area contributed by atoms with E-state index in [1.165, 1.54) is 0 Å². The summed E-state index contributed by atoms with van der Waals surface area (Å²) in [6, 6.07) is 0. The molecule has 0 bridgehead atoms. The van der Waals surface area contributed by atoms with Crippen LogP contribution in [-0.2, 0) is 0 Å². The zero-order valence-corrected chi connectivity index (χ0v) is 6.85. The molecule has 58 valence electrons. The summed E-state index contributed by atoms with van der Waals surface area (Å²) in [7, 11) is 0. The Morgan fingerprint density at radius 2 is 2.18 bits per heavy atom. The first-order chi connectivity index (χ1) is 5.00. The van der Waals surface area contributed by atoms with E-state index >= 15 is 0 Å². The molecule has 1 heterocycles. The van der Waals surface area contributed by atoms with Gasteiger partial charge in [-0.05, 0) is 25.8 Å². The van der Waals surface area contributed by atoms with Crippen LogP contribution in [-0.4, -0.2) is 17.9 Å². The molecular formula is C8H10FN2+. The smallest absolute Gasteiger partial charge is 0.188 e. The Balaban J connectivity index is 3.13. The molecule has 0 aliphatic carbocycles. The van der Waals surface area contributed by atoms with Gasteiger partial charge in [-0.2, -0.15) is 9.06 Å². The maximum absolute atomic E-state index is 12.3. The molecule has 2 nitrogen and oxygen atoms in total. The quantitative estimate of drug-likeness (QED) is 0.466. The van der Waals surface area contributed by atoms with Crippen LogP contribution in [0.3, 0.4) is 0 Å². The molecule has 0 saturated heterocycles. The Hall–Kier alpha value is -1.17. The van der Waals surface area contributed by atoms with Gasteiger partial charge in [0.1, 0.15) is 0 Å². The van der Waals surface area contributed by atoms with Crippen LogP contribution in [0.4, 0.5) is 4.39 Å². The topological polar surface area (TPSA) is 26.5 Å². The van der Waals surface area contributed by atoms with E-state index in [0.29, 0.717) is 5.84 Å². The van der Waals surface area contributed by atoms with Crippen molar-refractivity contribution in [3.63, 3.8) is 0 Å². The van der Waals surface area contributed by atoms with Gasteiger partial charge >= 0.3 is 5.84 Å². The van der Waals surface area contributed by atoms with E-state index in [0.717, 1.165) is 6.21 Å². The van der Waals surface area contributed by atoms with Crippen molar-refractivity contribution in [2.45, 2.75) is 20.8 Å². The Labute approximate surface area is 64.9 Å². The van der Waals surface area contributed by atoms with Gasteiger partial charge < -0.3 is 0 Å². The number of amidine groups is 1. The lowest BCUT2D eigenvalue weighted by Crippen LogP contribution is -2.22. The molecule has 0 N–H and O–H groups in total. The molecule has 0 aromatic heterocycles. The first kappa shape index (κ1) is 7.93. The van der Waals surface area contributed by atoms with Crippen molar-refractivity contribution in [1.29, 1.82) is 0 Å². The summed E-state index contributed by atoms with van der Waals surface area (Å²) in [5.41, 5.74) is -0.135. The summed E-state index contributed by atoms with van der Waals surface area (Å²) >= 11 is 0. The second kappa shape index (κ2) is 2.46. The Bertz CT molecular complexity index is 295. The second-order valence-electron chi connectivity index (χ2n) is 3.40. The Morgan fingerprint density at radius 3 is 2.55 bits per heavy atom. The van der Waals surface area contributed by atoms with Gasteiger partial charge in [-0.3, -0.25) is 0 Å². The monoisotopic (exact) mass is 153 g/mol. The number of hydrogen-bond acceptors (Lipinski definition) is 1. The molecule has 0 amide bonds. The van der Waals surface area contributed by atoms with E-state index in [1.54, 1.807) is 0 Å². The van der Waals surface area contributed by atoms with E-state index in [1.807, 2.05) is 20.8 Å². The van der Waals surface area contributed by atoms with E-state index in [-0.39, 0.29) is 5.41 Å². The highest BCUT2D eigenvalue weighted by molar-refractivity contribution is 6.03.